The number of allylic oxidation sites excluding steroid dienone is 1. The molecule has 8 heteroatoms. The normalized spacial score (nSPS) is 10.6. The fourth-order valence-electron chi connectivity index (χ4n) is 2.34. The van der Waals surface area contributed by atoms with Gasteiger partial charge in [-0.3, -0.25) is 14.9 Å². The van der Waals surface area contributed by atoms with Crippen molar-refractivity contribution < 1.29 is 29.0 Å². The van der Waals surface area contributed by atoms with Crippen LogP contribution >= 0.6 is 0 Å². The molecular formula is C18H17NO7. The molecule has 2 aromatic rings. The zero-order valence-corrected chi connectivity index (χ0v) is 14.4. The second-order valence-corrected chi connectivity index (χ2v) is 5.09. The molecule has 136 valence electrons. The number of carbonyl (C=O) groups excluding carboxylic acids is 1. The molecule has 0 aliphatic heterocycles. The summed E-state index contributed by atoms with van der Waals surface area (Å²) < 4.78 is 15.5. The first-order chi connectivity index (χ1) is 12.4. The van der Waals surface area contributed by atoms with E-state index < -0.39 is 10.7 Å². The lowest BCUT2D eigenvalue weighted by atomic mass is 10.0. The Balaban J connectivity index is 2.38. The minimum absolute atomic E-state index is 0.0442. The molecule has 1 N–H and O–H groups in total. The summed E-state index contributed by atoms with van der Waals surface area (Å²) in [6.45, 7) is 0. The van der Waals surface area contributed by atoms with Crippen molar-refractivity contribution in [2.24, 2.45) is 0 Å². The lowest BCUT2D eigenvalue weighted by Gasteiger charge is -2.15. The van der Waals surface area contributed by atoms with Crippen molar-refractivity contribution >= 4 is 17.5 Å². The van der Waals surface area contributed by atoms with Crippen LogP contribution in [-0.2, 0) is 0 Å². The lowest BCUT2D eigenvalue weighted by Crippen LogP contribution is -2.03. The summed E-state index contributed by atoms with van der Waals surface area (Å²) in [6, 6.07) is 6.94. The smallest absolute Gasteiger partial charge is 0.269 e. The van der Waals surface area contributed by atoms with Crippen molar-refractivity contribution in [2.45, 2.75) is 0 Å². The van der Waals surface area contributed by atoms with Crippen molar-refractivity contribution in [1.82, 2.24) is 0 Å². The molecule has 0 unspecified atom stereocenters. The van der Waals surface area contributed by atoms with E-state index in [1.54, 1.807) is 0 Å². The van der Waals surface area contributed by atoms with Crippen molar-refractivity contribution in [2.75, 3.05) is 21.3 Å². The van der Waals surface area contributed by atoms with Crippen LogP contribution in [0.15, 0.2) is 36.4 Å². The van der Waals surface area contributed by atoms with Gasteiger partial charge in [0, 0.05) is 18.2 Å². The minimum Gasteiger partial charge on any atom is -0.507 e. The van der Waals surface area contributed by atoms with Crippen molar-refractivity contribution in [3.05, 3.63) is 57.6 Å². The number of phenolic OH excluding ortho intramolecular Hbond substituents is 1. The molecule has 0 aliphatic rings. The van der Waals surface area contributed by atoms with Gasteiger partial charge in [0.1, 0.15) is 11.3 Å². The van der Waals surface area contributed by atoms with Gasteiger partial charge in [-0.05, 0) is 23.8 Å². The second kappa shape index (κ2) is 8.02. The number of ketones is 1. The molecule has 0 atom stereocenters. The molecule has 0 aliphatic carbocycles. The molecule has 0 amide bonds. The van der Waals surface area contributed by atoms with Gasteiger partial charge in [0.15, 0.2) is 17.3 Å². The van der Waals surface area contributed by atoms with Crippen LogP contribution in [0.4, 0.5) is 5.69 Å². The quantitative estimate of drug-likeness (QED) is 0.350. The highest BCUT2D eigenvalue weighted by molar-refractivity contribution is 6.11. The molecule has 26 heavy (non-hydrogen) atoms. The van der Waals surface area contributed by atoms with Crippen LogP contribution in [0.1, 0.15) is 15.9 Å². The third-order valence-electron chi connectivity index (χ3n) is 3.59. The van der Waals surface area contributed by atoms with Gasteiger partial charge in [-0.2, -0.15) is 0 Å². The number of nitrogens with zero attached hydrogens (tertiary/aromatic N) is 1. The van der Waals surface area contributed by atoms with E-state index in [-0.39, 0.29) is 34.2 Å². The standard InChI is InChI=1S/C18H17NO7/c1-24-15-10-14(21)16(18(26-3)17(15)25-2)13(20)9-6-11-4-7-12(8-5-11)19(22)23/h4-10,21H,1-3H3/b9-6+. The van der Waals surface area contributed by atoms with Gasteiger partial charge >= 0.3 is 0 Å². The van der Waals surface area contributed by atoms with Crippen molar-refractivity contribution in [3.8, 4) is 23.0 Å². The summed E-state index contributed by atoms with van der Waals surface area (Å²) in [7, 11) is 4.12. The average Bonchev–Trinajstić information content (AvgIpc) is 2.65. The van der Waals surface area contributed by atoms with Gasteiger partial charge in [0.05, 0.1) is 26.3 Å². The molecular weight excluding hydrogens is 342 g/mol. The SMILES string of the molecule is COc1cc(O)c(C(=O)/C=C/c2ccc([N+](=O)[O-])cc2)c(OC)c1OC. The monoisotopic (exact) mass is 359 g/mol. The van der Waals surface area contributed by atoms with Crippen LogP contribution < -0.4 is 14.2 Å². The summed E-state index contributed by atoms with van der Waals surface area (Å²) in [5.41, 5.74) is 0.457. The number of methoxy groups -OCH3 is 3. The summed E-state index contributed by atoms with van der Waals surface area (Å²) >= 11 is 0. The topological polar surface area (TPSA) is 108 Å². The largest absolute Gasteiger partial charge is 0.507 e. The number of hydrogen-bond donors (Lipinski definition) is 1. The maximum absolute atomic E-state index is 12.5. The number of nitro benzene ring substituents is 1. The Morgan fingerprint density at radius 3 is 2.19 bits per heavy atom. The molecule has 2 aromatic carbocycles. The van der Waals surface area contributed by atoms with Crippen LogP contribution in [0.3, 0.4) is 0 Å². The van der Waals surface area contributed by atoms with E-state index in [9.17, 15) is 20.0 Å². The van der Waals surface area contributed by atoms with Gasteiger partial charge in [-0.1, -0.05) is 6.08 Å². The first-order valence-corrected chi connectivity index (χ1v) is 7.41. The first kappa shape index (κ1) is 18.8. The van der Waals surface area contributed by atoms with Gasteiger partial charge in [0.2, 0.25) is 5.75 Å². The third kappa shape index (κ3) is 3.75. The summed E-state index contributed by atoms with van der Waals surface area (Å²) in [5.74, 6) is -0.406. The van der Waals surface area contributed by atoms with Gasteiger partial charge in [-0.15, -0.1) is 0 Å². The Morgan fingerprint density at radius 2 is 1.69 bits per heavy atom. The third-order valence-corrected chi connectivity index (χ3v) is 3.59. The maximum Gasteiger partial charge on any atom is 0.269 e. The van der Waals surface area contributed by atoms with Crippen LogP contribution in [0.2, 0.25) is 0 Å². The van der Waals surface area contributed by atoms with E-state index in [4.69, 9.17) is 14.2 Å². The summed E-state index contributed by atoms with van der Waals surface area (Å²) in [6.07, 6.45) is 2.70. The Bertz CT molecular complexity index is 857. The Morgan fingerprint density at radius 1 is 1.08 bits per heavy atom. The highest BCUT2D eigenvalue weighted by Gasteiger charge is 2.24. The Kier molecular flexibility index (Phi) is 5.79. The Labute approximate surface area is 149 Å². The second-order valence-electron chi connectivity index (χ2n) is 5.09. The highest BCUT2D eigenvalue weighted by atomic mass is 16.6. The van der Waals surface area contributed by atoms with E-state index in [2.05, 4.69) is 0 Å². The van der Waals surface area contributed by atoms with Gasteiger partial charge in [-0.25, -0.2) is 0 Å². The van der Waals surface area contributed by atoms with E-state index in [0.717, 1.165) is 0 Å². The predicted molar refractivity (Wildman–Crippen MR) is 94.2 cm³/mol. The zero-order chi connectivity index (χ0) is 19.3. The maximum atomic E-state index is 12.5. The molecule has 0 spiro atoms. The van der Waals surface area contributed by atoms with Crippen LogP contribution in [0.25, 0.3) is 6.08 Å². The number of non-ortho nitro benzene ring substituents is 1. The molecule has 0 bridgehead atoms. The summed E-state index contributed by atoms with van der Waals surface area (Å²) in [4.78, 5) is 22.7. The van der Waals surface area contributed by atoms with Gasteiger partial charge in [0.25, 0.3) is 5.69 Å². The fourth-order valence-corrected chi connectivity index (χ4v) is 2.34. The van der Waals surface area contributed by atoms with E-state index in [1.807, 2.05) is 0 Å². The fraction of sp³-hybridized carbons (Fsp3) is 0.167. The number of nitro groups is 1. The number of benzene rings is 2. The number of aromatic hydroxyl groups is 1. The number of phenols is 1. The molecule has 2 rings (SSSR count). The number of ether oxygens (including phenoxy) is 3. The van der Waals surface area contributed by atoms with Crippen LogP contribution in [-0.4, -0.2) is 37.1 Å². The molecule has 8 nitrogen and oxygen atoms in total. The summed E-state index contributed by atoms with van der Waals surface area (Å²) in [5, 5.41) is 20.8. The Hall–Kier alpha value is -3.55. The molecule has 0 saturated carbocycles. The number of hydrogen-bond acceptors (Lipinski definition) is 7. The predicted octanol–water partition coefficient (Wildman–Crippen LogP) is 3.22. The van der Waals surface area contributed by atoms with E-state index >= 15 is 0 Å². The van der Waals surface area contributed by atoms with Crippen LogP contribution in [0.5, 0.6) is 23.0 Å². The van der Waals surface area contributed by atoms with Gasteiger partial charge < -0.3 is 19.3 Å². The highest BCUT2D eigenvalue weighted by Crippen LogP contribution is 2.44. The van der Waals surface area contributed by atoms with E-state index in [1.165, 1.54) is 63.8 Å². The van der Waals surface area contributed by atoms with Crippen molar-refractivity contribution in [3.63, 3.8) is 0 Å². The number of carbonyl (C=O) groups is 1. The van der Waals surface area contributed by atoms with E-state index in [0.29, 0.717) is 5.56 Å². The van der Waals surface area contributed by atoms with Crippen LogP contribution in [0, 0.1) is 10.1 Å². The average molecular weight is 359 g/mol. The molecule has 0 saturated heterocycles. The van der Waals surface area contributed by atoms with Crippen molar-refractivity contribution in [1.29, 1.82) is 0 Å². The molecule has 0 fully saturated rings. The lowest BCUT2D eigenvalue weighted by molar-refractivity contribution is -0.384. The minimum atomic E-state index is -0.529. The molecule has 0 heterocycles. The number of rotatable bonds is 7. The molecule has 0 aromatic heterocycles. The zero-order valence-electron chi connectivity index (χ0n) is 14.4. The molecule has 0 radical (unpaired) electrons. The first-order valence-electron chi connectivity index (χ1n) is 7.41.